The second-order valence-corrected chi connectivity index (χ2v) is 6.36. The van der Waals surface area contributed by atoms with Gasteiger partial charge in [-0.25, -0.2) is 4.98 Å². The van der Waals surface area contributed by atoms with Gasteiger partial charge in [-0.3, -0.25) is 4.99 Å². The molecular weight excluding hydrogens is 423 g/mol. The molecule has 0 atom stereocenters. The maximum Gasteiger partial charge on any atom is 0.213 e. The summed E-state index contributed by atoms with van der Waals surface area (Å²) >= 11 is 1.81. The van der Waals surface area contributed by atoms with Crippen LogP contribution in [0.15, 0.2) is 23.3 Å². The molecule has 1 aliphatic rings. The Morgan fingerprint density at radius 2 is 2.13 bits per heavy atom. The predicted molar refractivity (Wildman–Crippen MR) is 109 cm³/mol. The smallest absolute Gasteiger partial charge is 0.213 e. The first-order valence-corrected chi connectivity index (χ1v) is 9.26. The predicted octanol–water partition coefficient (Wildman–Crippen LogP) is 3.05. The largest absolute Gasteiger partial charge is 0.474 e. The van der Waals surface area contributed by atoms with Gasteiger partial charge in [-0.05, 0) is 37.5 Å². The lowest BCUT2D eigenvalue weighted by molar-refractivity contribution is 0.201. The monoisotopic (exact) mass is 450 g/mol. The van der Waals surface area contributed by atoms with E-state index in [1.807, 2.05) is 24.0 Å². The van der Waals surface area contributed by atoms with Gasteiger partial charge in [0.2, 0.25) is 5.88 Å². The van der Waals surface area contributed by atoms with E-state index >= 15 is 0 Å². The third kappa shape index (κ3) is 7.60. The van der Waals surface area contributed by atoms with Gasteiger partial charge >= 0.3 is 0 Å². The van der Waals surface area contributed by atoms with Crippen LogP contribution in [0.3, 0.4) is 0 Å². The van der Waals surface area contributed by atoms with Crippen LogP contribution in [0.5, 0.6) is 5.88 Å². The lowest BCUT2D eigenvalue weighted by Gasteiger charge is -2.13. The van der Waals surface area contributed by atoms with E-state index < -0.39 is 0 Å². The summed E-state index contributed by atoms with van der Waals surface area (Å²) in [6, 6.07) is 4.01. The molecule has 2 rings (SSSR count). The molecule has 0 aliphatic heterocycles. The molecule has 0 saturated heterocycles. The highest BCUT2D eigenvalue weighted by molar-refractivity contribution is 14.0. The quantitative estimate of drug-likeness (QED) is 0.290. The van der Waals surface area contributed by atoms with Crippen molar-refractivity contribution in [3.05, 3.63) is 23.9 Å². The van der Waals surface area contributed by atoms with Gasteiger partial charge in [-0.15, -0.1) is 24.0 Å². The number of thioether (sulfide) groups is 1. The van der Waals surface area contributed by atoms with E-state index in [1.165, 1.54) is 12.8 Å². The Hall–Kier alpha value is -0.700. The summed E-state index contributed by atoms with van der Waals surface area (Å²) in [5, 5.41) is 6.56. The lowest BCUT2D eigenvalue weighted by Crippen LogP contribution is -2.37. The lowest BCUT2D eigenvalue weighted by atomic mass is 10.3. The van der Waals surface area contributed by atoms with Crippen molar-refractivity contribution in [3.8, 4) is 5.88 Å². The van der Waals surface area contributed by atoms with Crippen molar-refractivity contribution < 1.29 is 4.74 Å². The van der Waals surface area contributed by atoms with Gasteiger partial charge < -0.3 is 15.4 Å². The van der Waals surface area contributed by atoms with Crippen molar-refractivity contribution >= 4 is 41.7 Å². The van der Waals surface area contributed by atoms with Crippen molar-refractivity contribution in [1.29, 1.82) is 0 Å². The third-order valence-corrected chi connectivity index (χ3v) is 4.28. The maximum atomic E-state index is 5.87. The molecule has 0 bridgehead atoms. The number of nitrogens with zero attached hydrogens (tertiary/aromatic N) is 2. The summed E-state index contributed by atoms with van der Waals surface area (Å²) in [5.74, 6) is 2.62. The van der Waals surface area contributed by atoms with E-state index in [0.29, 0.717) is 12.6 Å². The fraction of sp³-hybridized carbons (Fsp3) is 0.625. The highest BCUT2D eigenvalue weighted by Gasteiger charge is 2.16. The number of ether oxygens (including phenoxy) is 1. The summed E-state index contributed by atoms with van der Waals surface area (Å²) in [4.78, 5) is 8.60. The van der Waals surface area contributed by atoms with Gasteiger partial charge in [-0.2, -0.15) is 11.8 Å². The molecule has 7 heteroatoms. The Balaban J connectivity index is 0.00000264. The van der Waals surface area contributed by atoms with E-state index in [2.05, 4.69) is 32.9 Å². The molecule has 0 radical (unpaired) electrons. The number of hydrogen-bond donors (Lipinski definition) is 2. The Kier molecular flexibility index (Phi) is 10.4. The highest BCUT2D eigenvalue weighted by atomic mass is 127. The first-order valence-electron chi connectivity index (χ1n) is 7.87. The third-order valence-electron chi connectivity index (χ3n) is 3.67. The molecule has 1 saturated carbocycles. The number of aliphatic imine (C=N–C) groups is 1. The molecular formula is C16H27IN4OS. The molecule has 1 heterocycles. The van der Waals surface area contributed by atoms with Crippen LogP contribution in [-0.2, 0) is 6.54 Å². The van der Waals surface area contributed by atoms with Gasteiger partial charge in [0.25, 0.3) is 0 Å². The van der Waals surface area contributed by atoms with Gasteiger partial charge in [-0.1, -0.05) is 6.07 Å². The molecule has 23 heavy (non-hydrogen) atoms. The molecule has 0 amide bonds. The topological polar surface area (TPSA) is 58.5 Å². The SMILES string of the molecule is CN=C(NCCSC)NCc1ccc(OC2CCCC2)nc1.I. The molecule has 0 unspecified atom stereocenters. The number of guanidine groups is 1. The van der Waals surface area contributed by atoms with Crippen LogP contribution in [0.25, 0.3) is 0 Å². The molecule has 1 fully saturated rings. The van der Waals surface area contributed by atoms with Crippen molar-refractivity contribution in [1.82, 2.24) is 15.6 Å². The van der Waals surface area contributed by atoms with E-state index in [9.17, 15) is 0 Å². The highest BCUT2D eigenvalue weighted by Crippen LogP contribution is 2.22. The summed E-state index contributed by atoms with van der Waals surface area (Å²) in [6.45, 7) is 1.61. The van der Waals surface area contributed by atoms with Gasteiger partial charge in [0, 0.05) is 38.2 Å². The second kappa shape index (κ2) is 11.8. The molecule has 0 spiro atoms. The number of pyridine rings is 1. The van der Waals surface area contributed by atoms with E-state index in [0.717, 1.165) is 42.5 Å². The van der Waals surface area contributed by atoms with Crippen molar-refractivity contribution in [2.75, 3.05) is 25.6 Å². The average Bonchev–Trinajstić information content (AvgIpc) is 3.05. The van der Waals surface area contributed by atoms with Crippen LogP contribution in [0.2, 0.25) is 0 Å². The summed E-state index contributed by atoms with van der Waals surface area (Å²) < 4.78 is 5.87. The zero-order valence-electron chi connectivity index (χ0n) is 13.9. The van der Waals surface area contributed by atoms with E-state index in [-0.39, 0.29) is 24.0 Å². The van der Waals surface area contributed by atoms with Crippen molar-refractivity contribution in [2.45, 2.75) is 38.3 Å². The number of nitrogens with one attached hydrogen (secondary N) is 2. The fourth-order valence-electron chi connectivity index (χ4n) is 2.44. The van der Waals surface area contributed by atoms with Gasteiger partial charge in [0.15, 0.2) is 5.96 Å². The number of rotatable bonds is 7. The van der Waals surface area contributed by atoms with Crippen molar-refractivity contribution in [3.63, 3.8) is 0 Å². The molecule has 0 aromatic carbocycles. The van der Waals surface area contributed by atoms with Crippen LogP contribution in [0.1, 0.15) is 31.2 Å². The first kappa shape index (κ1) is 20.3. The molecule has 2 N–H and O–H groups in total. The standard InChI is InChI=1S/C16H26N4OS.HI/c1-17-16(18-9-10-22-2)20-12-13-7-8-15(19-11-13)21-14-5-3-4-6-14;/h7-8,11,14H,3-6,9-10,12H2,1-2H3,(H2,17,18,20);1H. The fourth-order valence-corrected chi connectivity index (χ4v) is 2.75. The Morgan fingerprint density at radius 3 is 2.74 bits per heavy atom. The number of aromatic nitrogens is 1. The van der Waals surface area contributed by atoms with Crippen LogP contribution >= 0.6 is 35.7 Å². The van der Waals surface area contributed by atoms with Gasteiger partial charge in [0.05, 0.1) is 0 Å². The minimum atomic E-state index is 0. The Labute approximate surface area is 160 Å². The molecule has 5 nitrogen and oxygen atoms in total. The normalized spacial score (nSPS) is 15.1. The molecule has 130 valence electrons. The molecule has 1 aromatic heterocycles. The Morgan fingerprint density at radius 1 is 1.35 bits per heavy atom. The van der Waals surface area contributed by atoms with Crippen molar-refractivity contribution in [2.24, 2.45) is 4.99 Å². The summed E-state index contributed by atoms with van der Waals surface area (Å²) in [6.07, 6.45) is 9.18. The number of hydrogen-bond acceptors (Lipinski definition) is 4. The average molecular weight is 450 g/mol. The van der Waals surface area contributed by atoms with Crippen LogP contribution in [0, 0.1) is 0 Å². The Bertz CT molecular complexity index is 464. The van der Waals surface area contributed by atoms with Crippen LogP contribution < -0.4 is 15.4 Å². The van der Waals surface area contributed by atoms with Crippen LogP contribution in [0.4, 0.5) is 0 Å². The van der Waals surface area contributed by atoms with Gasteiger partial charge in [0.1, 0.15) is 6.10 Å². The minimum absolute atomic E-state index is 0. The molecule has 1 aliphatic carbocycles. The van der Waals surface area contributed by atoms with Crippen LogP contribution in [-0.4, -0.2) is 42.6 Å². The summed E-state index contributed by atoms with van der Waals surface area (Å²) in [7, 11) is 1.78. The molecule has 1 aromatic rings. The number of halogens is 1. The zero-order chi connectivity index (χ0) is 15.6. The minimum Gasteiger partial charge on any atom is -0.474 e. The first-order chi connectivity index (χ1) is 10.8. The van der Waals surface area contributed by atoms with E-state index in [4.69, 9.17) is 4.74 Å². The summed E-state index contributed by atoms with van der Waals surface area (Å²) in [5.41, 5.74) is 1.12. The zero-order valence-corrected chi connectivity index (χ0v) is 17.0. The van der Waals surface area contributed by atoms with E-state index in [1.54, 1.807) is 7.05 Å². The second-order valence-electron chi connectivity index (χ2n) is 5.37. The maximum absolute atomic E-state index is 5.87.